The molecule has 2 aromatic carbocycles. The Hall–Kier alpha value is -1.25. The summed E-state index contributed by atoms with van der Waals surface area (Å²) in [5, 5.41) is 0. The van der Waals surface area contributed by atoms with Crippen molar-refractivity contribution in [3.8, 4) is 23.0 Å². The molecule has 48 heavy (non-hydrogen) atoms. The smallest absolute Gasteiger partial charge is 1.00 e. The predicted molar refractivity (Wildman–Crippen MR) is 187 cm³/mol. The molecule has 9 heteroatoms. The fraction of sp³-hybridized carbons (Fsp3) is 0.513. The minimum Gasteiger partial charge on any atom is -1.00 e. The van der Waals surface area contributed by atoms with Gasteiger partial charge < -0.3 is 46.4 Å². The molecular weight excluding hydrogens is 789 g/mol. The first-order chi connectivity index (χ1) is 21.8. The number of hydrogen-bond acceptors (Lipinski definition) is 3. The molecule has 5 aromatic rings. The number of rotatable bonds is 20. The van der Waals surface area contributed by atoms with E-state index in [1.165, 1.54) is 101 Å². The largest absolute Gasteiger partial charge is 3.00 e. The Balaban J connectivity index is 0.00000288. The van der Waals surface area contributed by atoms with Gasteiger partial charge in [-0.05, 0) is 49.2 Å². The normalized spacial score (nSPS) is 10.7. The molecule has 3 heterocycles. The number of imidazole rings is 2. The van der Waals surface area contributed by atoms with E-state index < -0.39 is 0 Å². The van der Waals surface area contributed by atoms with Gasteiger partial charge in [0.15, 0.2) is 11.6 Å². The van der Waals surface area contributed by atoms with Crippen LogP contribution in [-0.2, 0) is 13.1 Å². The number of pyridine rings is 1. The maximum atomic E-state index is 5.23. The number of unbranched alkanes of at least 4 members (excludes halogenated alkanes) is 14. The second-order valence-corrected chi connectivity index (χ2v) is 12.5. The topological polar surface area (TPSA) is 48.5 Å². The molecule has 0 aliphatic carbocycles. The zero-order valence-corrected chi connectivity index (χ0v) is 34.4. The Morgan fingerprint density at radius 3 is 1.17 bits per heavy atom. The number of nitrogens with zero attached hydrogens (tertiary/aromatic N) is 5. The molecule has 0 bridgehead atoms. The first-order valence-corrected chi connectivity index (χ1v) is 17.7. The van der Waals surface area contributed by atoms with Crippen LogP contribution in [0, 0.1) is 40.8 Å². The van der Waals surface area contributed by atoms with E-state index >= 15 is 0 Å². The quantitative estimate of drug-likeness (QED) is 0.113. The maximum Gasteiger partial charge on any atom is 3.00 e. The Morgan fingerprint density at radius 1 is 0.417 bits per heavy atom. The molecule has 0 amide bonds. The van der Waals surface area contributed by atoms with Gasteiger partial charge in [0.05, 0.1) is 22.1 Å². The Bertz CT molecular complexity index is 1470. The third-order valence-corrected chi connectivity index (χ3v) is 8.99. The van der Waals surface area contributed by atoms with Crippen molar-refractivity contribution < 1.29 is 78.1 Å². The second kappa shape index (κ2) is 24.8. The first kappa shape index (κ1) is 44.8. The summed E-state index contributed by atoms with van der Waals surface area (Å²) in [7, 11) is 0. The van der Waals surface area contributed by atoms with E-state index in [0.717, 1.165) is 60.0 Å². The third kappa shape index (κ3) is 12.5. The summed E-state index contributed by atoms with van der Waals surface area (Å²) in [6.45, 7) is 6.50. The summed E-state index contributed by atoms with van der Waals surface area (Å²) in [4.78, 5) is 15.4. The number of para-hydroxylation sites is 4. The number of fused-ring (bicyclic) bond motifs is 2. The van der Waals surface area contributed by atoms with E-state index in [9.17, 15) is 0 Å². The van der Waals surface area contributed by atoms with Crippen molar-refractivity contribution in [2.75, 3.05) is 0 Å². The van der Waals surface area contributed by atoms with E-state index in [1.807, 2.05) is 0 Å². The molecule has 1 radical (unpaired) electrons. The van der Waals surface area contributed by atoms with E-state index in [2.05, 4.69) is 89.7 Å². The van der Waals surface area contributed by atoms with Crippen LogP contribution in [0.2, 0.25) is 0 Å². The van der Waals surface area contributed by atoms with Crippen LogP contribution in [0.25, 0.3) is 45.1 Å². The third-order valence-electron chi connectivity index (χ3n) is 8.99. The van der Waals surface area contributed by atoms with Crippen molar-refractivity contribution in [1.29, 1.82) is 0 Å². The van der Waals surface area contributed by atoms with Crippen LogP contribution in [0.15, 0.2) is 66.7 Å². The van der Waals surface area contributed by atoms with Crippen LogP contribution in [0.1, 0.15) is 117 Å². The van der Waals surface area contributed by atoms with E-state index in [1.54, 1.807) is 0 Å². The molecule has 0 fully saturated rings. The number of aryl methyl sites for hydroxylation is 2. The van der Waals surface area contributed by atoms with Crippen LogP contribution < -0.4 is 37.2 Å². The molecular formula is C39H53Cl3N5Nd. The zero-order chi connectivity index (χ0) is 30.4. The molecule has 0 atom stereocenters. The molecule has 3 aromatic heterocycles. The van der Waals surface area contributed by atoms with Crippen molar-refractivity contribution in [3.63, 3.8) is 0 Å². The minimum atomic E-state index is 0. The molecule has 5 nitrogen and oxygen atoms in total. The molecule has 0 aliphatic heterocycles. The SMILES string of the molecule is CCCCCCCCCCn1c(-c2cccc(-c3nc4ccccc4n3CCCCCCCCCC)n2)nc2ccccc21.[Cl-].[Cl-].[Cl-].[Nd+3]. The van der Waals surface area contributed by atoms with Crippen LogP contribution >= 0.6 is 0 Å². The Kier molecular flexibility index (Phi) is 23.2. The molecule has 0 unspecified atom stereocenters. The van der Waals surface area contributed by atoms with Gasteiger partial charge in [0.1, 0.15) is 11.4 Å². The minimum absolute atomic E-state index is 0. The van der Waals surface area contributed by atoms with Gasteiger partial charge in [0.2, 0.25) is 0 Å². The molecule has 0 saturated carbocycles. The molecule has 0 N–H and O–H groups in total. The van der Waals surface area contributed by atoms with Crippen LogP contribution in [0.5, 0.6) is 0 Å². The van der Waals surface area contributed by atoms with Crippen LogP contribution in [0.3, 0.4) is 0 Å². The first-order valence-electron chi connectivity index (χ1n) is 17.7. The molecule has 0 spiro atoms. The summed E-state index contributed by atoms with van der Waals surface area (Å²) in [5.41, 5.74) is 6.31. The summed E-state index contributed by atoms with van der Waals surface area (Å²) in [6.07, 6.45) is 21.0. The van der Waals surface area contributed by atoms with Gasteiger partial charge in [0.25, 0.3) is 0 Å². The van der Waals surface area contributed by atoms with Gasteiger partial charge >= 0.3 is 40.8 Å². The fourth-order valence-corrected chi connectivity index (χ4v) is 6.49. The maximum absolute atomic E-state index is 5.23. The van der Waals surface area contributed by atoms with E-state index in [0.29, 0.717) is 0 Å². The summed E-state index contributed by atoms with van der Waals surface area (Å²) < 4.78 is 4.78. The van der Waals surface area contributed by atoms with Crippen molar-refractivity contribution in [2.45, 2.75) is 130 Å². The van der Waals surface area contributed by atoms with Gasteiger partial charge in [-0.25, -0.2) is 15.0 Å². The average Bonchev–Trinajstić information content (AvgIpc) is 3.62. The van der Waals surface area contributed by atoms with Gasteiger partial charge in [-0.1, -0.05) is 134 Å². The number of aromatic nitrogens is 5. The second-order valence-electron chi connectivity index (χ2n) is 12.5. The summed E-state index contributed by atoms with van der Waals surface area (Å²) >= 11 is 0. The van der Waals surface area contributed by atoms with Gasteiger partial charge in [0, 0.05) is 13.1 Å². The monoisotopic (exact) mass is 838 g/mol. The summed E-state index contributed by atoms with van der Waals surface area (Å²) in [5.74, 6) is 1.92. The standard InChI is InChI=1S/C39H53N5.3ClH.Nd/c1-3-5-7-9-11-13-15-21-30-43-36-28-19-17-24-32(36)41-38(43)34-26-23-27-35(40-34)39-42-33-25-18-20-29-37(33)44(39)31-22-16-14-12-10-8-6-4-2;;;;/h17-20,23-29H,3-16,21-22,30-31H2,1-2H3;3*1H;/q;;;;+3/p-3. The van der Waals surface area contributed by atoms with Gasteiger partial charge in [-0.3, -0.25) is 0 Å². The molecule has 0 aliphatic rings. The van der Waals surface area contributed by atoms with E-state index in [-0.39, 0.29) is 78.1 Å². The zero-order valence-electron chi connectivity index (χ0n) is 28.9. The van der Waals surface area contributed by atoms with Crippen LogP contribution in [-0.4, -0.2) is 24.1 Å². The summed E-state index contributed by atoms with van der Waals surface area (Å²) in [6, 6.07) is 23.4. The van der Waals surface area contributed by atoms with Gasteiger partial charge in [-0.2, -0.15) is 0 Å². The predicted octanol–water partition coefficient (Wildman–Crippen LogP) is 2.41. The Morgan fingerprint density at radius 2 is 0.771 bits per heavy atom. The molecule has 259 valence electrons. The van der Waals surface area contributed by atoms with Crippen molar-refractivity contribution in [2.24, 2.45) is 0 Å². The molecule has 5 rings (SSSR count). The fourth-order valence-electron chi connectivity index (χ4n) is 6.49. The van der Waals surface area contributed by atoms with Gasteiger partial charge in [-0.15, -0.1) is 0 Å². The number of hydrogen-bond donors (Lipinski definition) is 0. The van der Waals surface area contributed by atoms with Crippen molar-refractivity contribution in [3.05, 3.63) is 66.7 Å². The van der Waals surface area contributed by atoms with Crippen molar-refractivity contribution in [1.82, 2.24) is 24.1 Å². The average molecular weight is 842 g/mol. The molecule has 0 saturated heterocycles. The van der Waals surface area contributed by atoms with E-state index in [4.69, 9.17) is 15.0 Å². The number of halogens is 3. The van der Waals surface area contributed by atoms with Crippen LogP contribution in [0.4, 0.5) is 0 Å². The number of benzene rings is 2. The Labute approximate surface area is 340 Å². The van der Waals surface area contributed by atoms with Crippen molar-refractivity contribution >= 4 is 22.1 Å².